The number of nitrogens with one attached hydrogen (secondary N) is 2. The summed E-state index contributed by atoms with van der Waals surface area (Å²) in [6.07, 6.45) is 11.8. The van der Waals surface area contributed by atoms with Crippen LogP contribution in [0, 0.1) is 0 Å². The molecule has 0 unspecified atom stereocenters. The van der Waals surface area contributed by atoms with Crippen molar-refractivity contribution in [1.82, 2.24) is 10.6 Å². The standard InChI is InChI=1S/C18H28N2S4/c21-17(22)13-7-5-9-15(13)19-11-3-1-2-4-12-20-16-10-6-8-14(16)18(23)24/h19-20H,1-12H2,(H,21,22)(H,23,24). The van der Waals surface area contributed by atoms with E-state index in [-0.39, 0.29) is 0 Å². The van der Waals surface area contributed by atoms with Crippen molar-refractivity contribution >= 4 is 58.1 Å². The molecule has 2 rings (SSSR count). The van der Waals surface area contributed by atoms with E-state index in [0.29, 0.717) is 0 Å². The SMILES string of the molecule is S=C(S)C1=C(NCCCCCCNC2=C(C(=S)S)CCC2)CCC1. The number of allylic oxidation sites excluding steroid dienone is 2. The molecule has 24 heavy (non-hydrogen) atoms. The van der Waals surface area contributed by atoms with Crippen molar-refractivity contribution in [2.45, 2.75) is 64.2 Å². The van der Waals surface area contributed by atoms with Gasteiger partial charge in [0.2, 0.25) is 0 Å². The molecule has 2 aliphatic carbocycles. The fraction of sp³-hybridized carbons (Fsp3) is 0.667. The summed E-state index contributed by atoms with van der Waals surface area (Å²) >= 11 is 19.0. The molecule has 0 spiro atoms. The molecule has 2 aliphatic rings. The minimum Gasteiger partial charge on any atom is -0.388 e. The average Bonchev–Trinajstić information content (AvgIpc) is 3.18. The van der Waals surface area contributed by atoms with Gasteiger partial charge in [0.05, 0.1) is 8.39 Å². The Balaban J connectivity index is 1.53. The summed E-state index contributed by atoms with van der Waals surface area (Å²) in [5.74, 6) is 0. The highest BCUT2D eigenvalue weighted by atomic mass is 32.1. The minimum atomic E-state index is 0.766. The van der Waals surface area contributed by atoms with Crippen LogP contribution in [0.3, 0.4) is 0 Å². The van der Waals surface area contributed by atoms with Crippen molar-refractivity contribution in [3.8, 4) is 0 Å². The predicted molar refractivity (Wildman–Crippen MR) is 119 cm³/mol. The van der Waals surface area contributed by atoms with E-state index < -0.39 is 0 Å². The molecule has 0 aliphatic heterocycles. The zero-order chi connectivity index (χ0) is 17.4. The van der Waals surface area contributed by atoms with Crippen molar-refractivity contribution in [3.63, 3.8) is 0 Å². The summed E-state index contributed by atoms with van der Waals surface area (Å²) in [5.41, 5.74) is 5.20. The molecule has 0 radical (unpaired) electrons. The van der Waals surface area contributed by atoms with E-state index in [1.54, 1.807) is 0 Å². The van der Waals surface area contributed by atoms with E-state index in [1.165, 1.54) is 61.1 Å². The Labute approximate surface area is 168 Å². The second kappa shape index (κ2) is 10.8. The molecule has 0 fully saturated rings. The highest BCUT2D eigenvalue weighted by Gasteiger charge is 2.16. The van der Waals surface area contributed by atoms with Gasteiger partial charge in [0.1, 0.15) is 0 Å². The molecule has 0 aromatic carbocycles. The first-order valence-corrected chi connectivity index (χ1v) is 10.7. The number of thiol groups is 2. The topological polar surface area (TPSA) is 24.1 Å². The lowest BCUT2D eigenvalue weighted by molar-refractivity contribution is 0.594. The molecule has 0 bridgehead atoms. The van der Waals surface area contributed by atoms with Gasteiger partial charge in [0.25, 0.3) is 0 Å². The zero-order valence-corrected chi connectivity index (χ0v) is 17.6. The van der Waals surface area contributed by atoms with Gasteiger partial charge in [-0.2, -0.15) is 0 Å². The summed E-state index contributed by atoms with van der Waals surface area (Å²) in [6.45, 7) is 2.09. The van der Waals surface area contributed by atoms with Crippen LogP contribution in [0.4, 0.5) is 0 Å². The third-order valence-corrected chi connectivity index (χ3v) is 5.76. The Morgan fingerprint density at radius 1 is 0.708 bits per heavy atom. The first-order valence-electron chi connectivity index (χ1n) is 8.98. The smallest absolute Gasteiger partial charge is 0.0724 e. The number of hydrogen-bond donors (Lipinski definition) is 4. The van der Waals surface area contributed by atoms with Crippen molar-refractivity contribution in [3.05, 3.63) is 22.5 Å². The van der Waals surface area contributed by atoms with Crippen molar-refractivity contribution in [1.29, 1.82) is 0 Å². The normalized spacial score (nSPS) is 17.6. The molecule has 0 amide bonds. The van der Waals surface area contributed by atoms with Crippen LogP contribution in [-0.4, -0.2) is 21.5 Å². The highest BCUT2D eigenvalue weighted by molar-refractivity contribution is 8.12. The molecule has 0 aromatic rings. The summed E-state index contributed by atoms with van der Waals surface area (Å²) in [4.78, 5) is 0. The van der Waals surface area contributed by atoms with E-state index >= 15 is 0 Å². The van der Waals surface area contributed by atoms with Crippen LogP contribution in [0.15, 0.2) is 22.5 Å². The Morgan fingerprint density at radius 2 is 1.12 bits per heavy atom. The first kappa shape index (κ1) is 20.3. The van der Waals surface area contributed by atoms with E-state index in [4.69, 9.17) is 24.4 Å². The second-order valence-corrected chi connectivity index (χ2v) is 8.82. The molecule has 0 saturated carbocycles. The summed E-state index contributed by atoms with van der Waals surface area (Å²) in [6, 6.07) is 0. The third-order valence-electron chi connectivity index (χ3n) is 4.73. The van der Waals surface area contributed by atoms with Crippen LogP contribution in [0.5, 0.6) is 0 Å². The number of unbranched alkanes of at least 4 members (excludes halogenated alkanes) is 3. The van der Waals surface area contributed by atoms with Gasteiger partial charge in [-0.3, -0.25) is 0 Å². The van der Waals surface area contributed by atoms with E-state index in [1.807, 2.05) is 0 Å². The summed E-state index contributed by atoms with van der Waals surface area (Å²) < 4.78 is 1.53. The first-order chi connectivity index (χ1) is 11.6. The maximum Gasteiger partial charge on any atom is 0.0724 e. The van der Waals surface area contributed by atoms with Crippen LogP contribution in [0.25, 0.3) is 0 Å². The zero-order valence-electron chi connectivity index (χ0n) is 14.2. The molecule has 0 saturated heterocycles. The Morgan fingerprint density at radius 3 is 1.50 bits per heavy atom. The van der Waals surface area contributed by atoms with Gasteiger partial charge < -0.3 is 10.6 Å². The largest absolute Gasteiger partial charge is 0.388 e. The predicted octanol–water partition coefficient (Wildman–Crippen LogP) is 5.12. The Hall–Kier alpha value is -0.0400. The molecular weight excluding hydrogens is 372 g/mol. The lowest BCUT2D eigenvalue weighted by Gasteiger charge is -2.11. The van der Waals surface area contributed by atoms with Gasteiger partial charge in [-0.25, -0.2) is 0 Å². The third kappa shape index (κ3) is 6.36. The van der Waals surface area contributed by atoms with Crippen LogP contribution < -0.4 is 10.6 Å². The maximum absolute atomic E-state index is 5.19. The molecule has 2 nitrogen and oxygen atoms in total. The van der Waals surface area contributed by atoms with E-state index in [0.717, 1.165) is 47.2 Å². The summed E-state index contributed by atoms with van der Waals surface area (Å²) in [7, 11) is 0. The molecule has 0 heterocycles. The van der Waals surface area contributed by atoms with Crippen molar-refractivity contribution in [2.24, 2.45) is 0 Å². The lowest BCUT2D eigenvalue weighted by Crippen LogP contribution is -2.17. The molecule has 6 heteroatoms. The summed E-state index contributed by atoms with van der Waals surface area (Å²) in [5, 5.41) is 7.13. The molecule has 0 aromatic heterocycles. The lowest BCUT2D eigenvalue weighted by atomic mass is 10.2. The fourth-order valence-corrected chi connectivity index (χ4v) is 4.38. The monoisotopic (exact) mass is 400 g/mol. The van der Waals surface area contributed by atoms with Crippen molar-refractivity contribution in [2.75, 3.05) is 13.1 Å². The Bertz CT molecular complexity index is 489. The van der Waals surface area contributed by atoms with Gasteiger partial charge in [0.15, 0.2) is 0 Å². The van der Waals surface area contributed by atoms with Gasteiger partial charge in [-0.1, -0.05) is 37.3 Å². The molecule has 0 atom stereocenters. The van der Waals surface area contributed by atoms with Crippen LogP contribution >= 0.6 is 49.7 Å². The van der Waals surface area contributed by atoms with Gasteiger partial charge in [-0.15, -0.1) is 25.3 Å². The van der Waals surface area contributed by atoms with E-state index in [9.17, 15) is 0 Å². The van der Waals surface area contributed by atoms with Crippen LogP contribution in [0.2, 0.25) is 0 Å². The van der Waals surface area contributed by atoms with Gasteiger partial charge in [-0.05, 0) is 62.5 Å². The quantitative estimate of drug-likeness (QED) is 0.220. The second-order valence-electron chi connectivity index (χ2n) is 6.50. The maximum atomic E-state index is 5.19. The Kier molecular flexibility index (Phi) is 9.16. The molecule has 2 N–H and O–H groups in total. The highest BCUT2D eigenvalue weighted by Crippen LogP contribution is 2.27. The van der Waals surface area contributed by atoms with Crippen LogP contribution in [0.1, 0.15) is 64.2 Å². The van der Waals surface area contributed by atoms with E-state index in [2.05, 4.69) is 35.9 Å². The average molecular weight is 401 g/mol. The number of rotatable bonds is 11. The van der Waals surface area contributed by atoms with Gasteiger partial charge in [0, 0.05) is 24.5 Å². The molecular formula is C18H28N2S4. The minimum absolute atomic E-state index is 0.766. The fourth-order valence-electron chi connectivity index (χ4n) is 3.43. The van der Waals surface area contributed by atoms with Gasteiger partial charge >= 0.3 is 0 Å². The number of thiocarbonyl (C=S) groups is 2. The molecule has 134 valence electrons. The number of hydrogen-bond acceptors (Lipinski definition) is 4. The van der Waals surface area contributed by atoms with Crippen molar-refractivity contribution < 1.29 is 0 Å². The van der Waals surface area contributed by atoms with Crippen LogP contribution in [-0.2, 0) is 0 Å².